The SMILES string of the molecule is C[C@@H](Oc1ccc2ccccc2c1)C(=O)Nc1cccc(NC(=O)c2ccc(C(C)(C)C)cc2)c1. The van der Waals surface area contributed by atoms with Gasteiger partial charge in [0.2, 0.25) is 0 Å². The Kier molecular flexibility index (Phi) is 6.87. The van der Waals surface area contributed by atoms with E-state index in [9.17, 15) is 9.59 Å². The third kappa shape index (κ3) is 6.07. The third-order valence-electron chi connectivity index (χ3n) is 5.80. The van der Waals surface area contributed by atoms with Crippen molar-refractivity contribution in [2.75, 3.05) is 10.6 Å². The Morgan fingerprint density at radius 3 is 2.09 bits per heavy atom. The summed E-state index contributed by atoms with van der Waals surface area (Å²) in [6, 6.07) is 28.4. The average Bonchev–Trinajstić information content (AvgIpc) is 2.83. The zero-order valence-corrected chi connectivity index (χ0v) is 20.5. The third-order valence-corrected chi connectivity index (χ3v) is 5.80. The fourth-order valence-electron chi connectivity index (χ4n) is 3.74. The van der Waals surface area contributed by atoms with E-state index < -0.39 is 6.10 Å². The zero-order chi connectivity index (χ0) is 25.0. The number of rotatable bonds is 6. The monoisotopic (exact) mass is 466 g/mol. The quantitative estimate of drug-likeness (QED) is 0.328. The van der Waals surface area contributed by atoms with Crippen LogP contribution in [0.15, 0.2) is 91.0 Å². The predicted molar refractivity (Wildman–Crippen MR) is 142 cm³/mol. The molecular weight excluding hydrogens is 436 g/mol. The second-order valence-electron chi connectivity index (χ2n) is 9.62. The van der Waals surface area contributed by atoms with Crippen molar-refractivity contribution >= 4 is 34.0 Å². The summed E-state index contributed by atoms with van der Waals surface area (Å²) in [6.07, 6.45) is -0.698. The molecule has 0 fully saturated rings. The molecule has 0 aromatic heterocycles. The lowest BCUT2D eigenvalue weighted by atomic mass is 9.87. The molecule has 1 atom stereocenters. The molecule has 0 radical (unpaired) electrons. The van der Waals surface area contributed by atoms with Gasteiger partial charge in [-0.1, -0.05) is 69.3 Å². The van der Waals surface area contributed by atoms with E-state index in [0.29, 0.717) is 22.7 Å². The fraction of sp³-hybridized carbons (Fsp3) is 0.200. The first kappa shape index (κ1) is 24.0. The van der Waals surface area contributed by atoms with Gasteiger partial charge in [0.25, 0.3) is 11.8 Å². The Morgan fingerprint density at radius 2 is 1.40 bits per heavy atom. The Hall–Kier alpha value is -4.12. The largest absolute Gasteiger partial charge is 0.481 e. The molecule has 2 amide bonds. The molecule has 178 valence electrons. The number of anilines is 2. The molecule has 4 aromatic carbocycles. The van der Waals surface area contributed by atoms with Gasteiger partial charge in [-0.15, -0.1) is 0 Å². The number of carbonyl (C=O) groups is 2. The normalized spacial score (nSPS) is 12.1. The Balaban J connectivity index is 1.38. The summed E-state index contributed by atoms with van der Waals surface area (Å²) in [6.45, 7) is 8.11. The molecule has 5 heteroatoms. The second-order valence-corrected chi connectivity index (χ2v) is 9.62. The van der Waals surface area contributed by atoms with Crippen molar-refractivity contribution in [2.24, 2.45) is 0 Å². The topological polar surface area (TPSA) is 67.4 Å². The molecular formula is C30H30N2O3. The highest BCUT2D eigenvalue weighted by Crippen LogP contribution is 2.24. The van der Waals surface area contributed by atoms with Crippen LogP contribution in [0.1, 0.15) is 43.6 Å². The van der Waals surface area contributed by atoms with Crippen LogP contribution in [-0.2, 0) is 10.2 Å². The summed E-state index contributed by atoms with van der Waals surface area (Å²) in [5.74, 6) is 0.145. The van der Waals surface area contributed by atoms with Gasteiger partial charge in [-0.2, -0.15) is 0 Å². The maximum atomic E-state index is 12.7. The molecule has 0 saturated carbocycles. The van der Waals surface area contributed by atoms with Gasteiger partial charge < -0.3 is 15.4 Å². The Morgan fingerprint density at radius 1 is 0.743 bits per heavy atom. The lowest BCUT2D eigenvalue weighted by Gasteiger charge is -2.19. The van der Waals surface area contributed by atoms with Crippen LogP contribution in [0.3, 0.4) is 0 Å². The van der Waals surface area contributed by atoms with Gasteiger partial charge >= 0.3 is 0 Å². The van der Waals surface area contributed by atoms with E-state index in [0.717, 1.165) is 10.8 Å². The number of hydrogen-bond acceptors (Lipinski definition) is 3. The molecule has 0 bridgehead atoms. The van der Waals surface area contributed by atoms with Gasteiger partial charge in [-0.05, 0) is 71.1 Å². The van der Waals surface area contributed by atoms with Gasteiger partial charge in [0, 0.05) is 16.9 Å². The van der Waals surface area contributed by atoms with Gasteiger partial charge in [0.05, 0.1) is 0 Å². The second kappa shape index (κ2) is 10.0. The number of fused-ring (bicyclic) bond motifs is 1. The fourth-order valence-corrected chi connectivity index (χ4v) is 3.74. The number of benzene rings is 4. The van der Waals surface area contributed by atoms with Gasteiger partial charge in [0.15, 0.2) is 6.10 Å². The molecule has 0 unspecified atom stereocenters. The average molecular weight is 467 g/mol. The van der Waals surface area contributed by atoms with E-state index in [-0.39, 0.29) is 17.2 Å². The van der Waals surface area contributed by atoms with E-state index in [1.165, 1.54) is 5.56 Å². The van der Waals surface area contributed by atoms with Crippen molar-refractivity contribution in [3.05, 3.63) is 102 Å². The first-order valence-electron chi connectivity index (χ1n) is 11.7. The van der Waals surface area contributed by atoms with Crippen LogP contribution in [0.4, 0.5) is 11.4 Å². The van der Waals surface area contributed by atoms with Crippen molar-refractivity contribution in [3.8, 4) is 5.75 Å². The van der Waals surface area contributed by atoms with Crippen LogP contribution in [0, 0.1) is 0 Å². The lowest BCUT2D eigenvalue weighted by Crippen LogP contribution is -2.30. The van der Waals surface area contributed by atoms with Crippen LogP contribution in [0.2, 0.25) is 0 Å². The lowest BCUT2D eigenvalue weighted by molar-refractivity contribution is -0.122. The number of carbonyl (C=O) groups excluding carboxylic acids is 2. The van der Waals surface area contributed by atoms with Crippen LogP contribution >= 0.6 is 0 Å². The van der Waals surface area contributed by atoms with Crippen molar-refractivity contribution in [2.45, 2.75) is 39.2 Å². The molecule has 2 N–H and O–H groups in total. The highest BCUT2D eigenvalue weighted by molar-refractivity contribution is 6.04. The molecule has 0 aliphatic carbocycles. The minimum Gasteiger partial charge on any atom is -0.481 e. The summed E-state index contributed by atoms with van der Waals surface area (Å²) in [7, 11) is 0. The van der Waals surface area contributed by atoms with E-state index in [1.807, 2.05) is 66.7 Å². The summed E-state index contributed by atoms with van der Waals surface area (Å²) in [4.78, 5) is 25.4. The molecule has 35 heavy (non-hydrogen) atoms. The first-order chi connectivity index (χ1) is 16.7. The highest BCUT2D eigenvalue weighted by atomic mass is 16.5. The molecule has 0 aliphatic rings. The molecule has 4 aromatic rings. The first-order valence-corrected chi connectivity index (χ1v) is 11.7. The maximum Gasteiger partial charge on any atom is 0.265 e. The van der Waals surface area contributed by atoms with E-state index >= 15 is 0 Å². The predicted octanol–water partition coefficient (Wildman–Crippen LogP) is 6.80. The minimum atomic E-state index is -0.698. The maximum absolute atomic E-state index is 12.7. The number of amides is 2. The standard InChI is InChI=1S/C30H30N2O3/c1-20(35-27-17-14-21-8-5-6-9-23(21)18-27)28(33)31-25-10-7-11-26(19-25)32-29(34)22-12-15-24(16-13-22)30(2,3)4/h5-20H,1-4H3,(H,31,33)(H,32,34)/t20-/m1/s1. The molecule has 0 saturated heterocycles. The molecule has 0 aliphatic heterocycles. The zero-order valence-electron chi connectivity index (χ0n) is 20.5. The number of hydrogen-bond donors (Lipinski definition) is 2. The number of ether oxygens (including phenoxy) is 1. The minimum absolute atomic E-state index is 0.0245. The van der Waals surface area contributed by atoms with Crippen molar-refractivity contribution in [3.63, 3.8) is 0 Å². The summed E-state index contributed by atoms with van der Waals surface area (Å²) in [5, 5.41) is 7.92. The van der Waals surface area contributed by atoms with Gasteiger partial charge in [-0.25, -0.2) is 0 Å². The summed E-state index contributed by atoms with van der Waals surface area (Å²) < 4.78 is 5.86. The summed E-state index contributed by atoms with van der Waals surface area (Å²) in [5.41, 5.74) is 2.93. The molecule has 4 rings (SSSR count). The van der Waals surface area contributed by atoms with E-state index in [1.54, 1.807) is 31.2 Å². The van der Waals surface area contributed by atoms with Crippen LogP contribution in [0.5, 0.6) is 5.75 Å². The van der Waals surface area contributed by atoms with Crippen molar-refractivity contribution in [1.29, 1.82) is 0 Å². The van der Waals surface area contributed by atoms with Gasteiger partial charge in [-0.3, -0.25) is 9.59 Å². The number of nitrogens with one attached hydrogen (secondary N) is 2. The van der Waals surface area contributed by atoms with Crippen molar-refractivity contribution in [1.82, 2.24) is 0 Å². The van der Waals surface area contributed by atoms with Crippen LogP contribution in [0.25, 0.3) is 10.8 Å². The van der Waals surface area contributed by atoms with Crippen LogP contribution in [-0.4, -0.2) is 17.9 Å². The smallest absolute Gasteiger partial charge is 0.265 e. The van der Waals surface area contributed by atoms with Gasteiger partial charge in [0.1, 0.15) is 5.75 Å². The van der Waals surface area contributed by atoms with E-state index in [4.69, 9.17) is 4.74 Å². The van der Waals surface area contributed by atoms with E-state index in [2.05, 4.69) is 31.4 Å². The molecule has 0 heterocycles. The summed E-state index contributed by atoms with van der Waals surface area (Å²) >= 11 is 0. The Bertz CT molecular complexity index is 1350. The Labute approximate surface area is 206 Å². The molecule has 0 spiro atoms. The van der Waals surface area contributed by atoms with Crippen molar-refractivity contribution < 1.29 is 14.3 Å². The molecule has 5 nitrogen and oxygen atoms in total. The van der Waals surface area contributed by atoms with Crippen LogP contribution < -0.4 is 15.4 Å². The highest BCUT2D eigenvalue weighted by Gasteiger charge is 2.17.